The van der Waals surface area contributed by atoms with Gasteiger partial charge in [0.25, 0.3) is 0 Å². The molecule has 0 radical (unpaired) electrons. The summed E-state index contributed by atoms with van der Waals surface area (Å²) < 4.78 is 5.31. The lowest BCUT2D eigenvalue weighted by Gasteiger charge is -2.12. The predicted molar refractivity (Wildman–Crippen MR) is 225 cm³/mol. The van der Waals surface area contributed by atoms with Crippen molar-refractivity contribution in [2.75, 3.05) is 6.61 Å². The van der Waals surface area contributed by atoms with Crippen LogP contribution in [0.15, 0.2) is 0 Å². The number of carboxylic acid groups (broad SMARTS) is 1. The second-order valence-corrected chi connectivity index (χ2v) is 15.9. The lowest BCUT2D eigenvalue weighted by atomic mass is 9.94. The van der Waals surface area contributed by atoms with Gasteiger partial charge in [0.15, 0.2) is 0 Å². The van der Waals surface area contributed by atoms with Crippen LogP contribution >= 0.6 is 0 Å². The molecule has 4 nitrogen and oxygen atoms in total. The van der Waals surface area contributed by atoms with Crippen LogP contribution in [0.5, 0.6) is 0 Å². The molecular formula is C47H94O4. The molecule has 0 spiro atoms. The molecule has 51 heavy (non-hydrogen) atoms. The highest BCUT2D eigenvalue weighted by Gasteiger charge is 2.16. The summed E-state index contributed by atoms with van der Waals surface area (Å²) in [6, 6.07) is 0. The molecule has 1 unspecified atom stereocenters. The van der Waals surface area contributed by atoms with Crippen molar-refractivity contribution in [3.8, 4) is 0 Å². The molecule has 0 heterocycles. The number of aliphatic carboxylic acids is 1. The summed E-state index contributed by atoms with van der Waals surface area (Å²) in [5.41, 5.74) is 0. The zero-order chi connectivity index (χ0) is 37.7. The van der Waals surface area contributed by atoms with Crippen molar-refractivity contribution in [3.63, 3.8) is 0 Å². The molecule has 306 valence electrons. The monoisotopic (exact) mass is 723 g/mol. The van der Waals surface area contributed by atoms with E-state index in [4.69, 9.17) is 4.74 Å². The number of hydrogen-bond acceptors (Lipinski definition) is 3. The number of carbonyl (C=O) groups excluding carboxylic acids is 1. The number of carboxylic acids is 1. The molecule has 0 aliphatic carbocycles. The molecule has 0 rings (SSSR count). The zero-order valence-electron chi connectivity index (χ0n) is 35.5. The summed E-state index contributed by atoms with van der Waals surface area (Å²) in [4.78, 5) is 22.9. The quantitative estimate of drug-likeness (QED) is 0.0504. The fourth-order valence-electron chi connectivity index (χ4n) is 7.04. The third-order valence-corrected chi connectivity index (χ3v) is 10.7. The highest BCUT2D eigenvalue weighted by molar-refractivity contribution is 5.69. The van der Waals surface area contributed by atoms with Gasteiger partial charge in [-0.2, -0.15) is 0 Å². The van der Waals surface area contributed by atoms with E-state index in [1.807, 2.05) is 0 Å². The Morgan fingerprint density at radius 3 is 0.941 bits per heavy atom. The molecule has 4 heteroatoms. The molecule has 0 saturated heterocycles. The van der Waals surface area contributed by atoms with E-state index in [1.54, 1.807) is 0 Å². The average molecular weight is 723 g/mol. The highest BCUT2D eigenvalue weighted by atomic mass is 16.5. The summed E-state index contributed by atoms with van der Waals surface area (Å²) >= 11 is 0. The first kappa shape index (κ1) is 52.0. The Labute approximate surface area is 321 Å². The standard InChI is InChI=1S/C24H48O2.C23H46O2/c1-3-5-7-9-10-11-12-13-14-15-16-17-18-20-22-23(24(25)26)21-19-8-6-4-2;1-3-5-7-9-10-11-12-13-14-15-16-18-20-22-25-23(24)21-19-17-8-6-4-2/h23H,3-22H2,1-2H3,(H,25,26);3-22H2,1-2H3. The predicted octanol–water partition coefficient (Wildman–Crippen LogP) is 16.5. The number of ether oxygens (including phenoxy) is 1. The normalized spacial score (nSPS) is 11.7. The van der Waals surface area contributed by atoms with Gasteiger partial charge in [0.05, 0.1) is 12.5 Å². The molecule has 0 fully saturated rings. The Kier molecular flexibility index (Phi) is 47.9. The first-order chi connectivity index (χ1) is 25.0. The molecule has 1 atom stereocenters. The molecule has 0 amide bonds. The van der Waals surface area contributed by atoms with Crippen LogP contribution in [0.4, 0.5) is 0 Å². The van der Waals surface area contributed by atoms with Crippen LogP contribution in [0, 0.1) is 5.92 Å². The topological polar surface area (TPSA) is 63.6 Å². The zero-order valence-corrected chi connectivity index (χ0v) is 35.5. The fraction of sp³-hybridized carbons (Fsp3) is 0.957. The summed E-state index contributed by atoms with van der Waals surface area (Å²) in [6.45, 7) is 9.59. The smallest absolute Gasteiger partial charge is 0.306 e. The minimum Gasteiger partial charge on any atom is -0.481 e. The van der Waals surface area contributed by atoms with Crippen LogP contribution in [0.25, 0.3) is 0 Å². The first-order valence-corrected chi connectivity index (χ1v) is 23.4. The van der Waals surface area contributed by atoms with Crippen LogP contribution in [0.2, 0.25) is 0 Å². The van der Waals surface area contributed by atoms with Crippen LogP contribution in [0.3, 0.4) is 0 Å². The lowest BCUT2D eigenvalue weighted by Crippen LogP contribution is -2.13. The summed E-state index contributed by atoms with van der Waals surface area (Å²) in [5.74, 6) is -0.657. The van der Waals surface area contributed by atoms with Crippen molar-refractivity contribution in [2.45, 2.75) is 278 Å². The van der Waals surface area contributed by atoms with Gasteiger partial charge in [0.1, 0.15) is 0 Å². The molecule has 0 aliphatic heterocycles. The van der Waals surface area contributed by atoms with E-state index in [1.165, 1.54) is 205 Å². The maximum Gasteiger partial charge on any atom is 0.306 e. The number of hydrogen-bond donors (Lipinski definition) is 1. The lowest BCUT2D eigenvalue weighted by molar-refractivity contribution is -0.144. The molecular weight excluding hydrogens is 629 g/mol. The van der Waals surface area contributed by atoms with Gasteiger partial charge in [0, 0.05) is 6.42 Å². The molecule has 0 aromatic rings. The maximum absolute atomic E-state index is 11.6. The van der Waals surface area contributed by atoms with E-state index >= 15 is 0 Å². The summed E-state index contributed by atoms with van der Waals surface area (Å²) in [5, 5.41) is 9.33. The van der Waals surface area contributed by atoms with E-state index in [0.717, 1.165) is 38.5 Å². The highest BCUT2D eigenvalue weighted by Crippen LogP contribution is 2.20. The van der Waals surface area contributed by atoms with Crippen molar-refractivity contribution in [1.29, 1.82) is 0 Å². The Morgan fingerprint density at radius 2 is 0.627 bits per heavy atom. The minimum atomic E-state index is -0.573. The molecule has 0 bridgehead atoms. The largest absolute Gasteiger partial charge is 0.481 e. The third kappa shape index (κ3) is 46.9. The van der Waals surface area contributed by atoms with Crippen molar-refractivity contribution < 1.29 is 19.4 Å². The fourth-order valence-corrected chi connectivity index (χ4v) is 7.04. The Morgan fingerprint density at radius 1 is 0.373 bits per heavy atom. The molecule has 0 aromatic carbocycles. The van der Waals surface area contributed by atoms with E-state index in [-0.39, 0.29) is 11.9 Å². The van der Waals surface area contributed by atoms with Gasteiger partial charge in [-0.25, -0.2) is 0 Å². The van der Waals surface area contributed by atoms with Crippen molar-refractivity contribution >= 4 is 11.9 Å². The summed E-state index contributed by atoms with van der Waals surface area (Å²) in [6.07, 6.45) is 49.7. The molecule has 0 saturated carbocycles. The van der Waals surface area contributed by atoms with E-state index in [0.29, 0.717) is 13.0 Å². The van der Waals surface area contributed by atoms with Crippen LogP contribution in [-0.4, -0.2) is 23.7 Å². The van der Waals surface area contributed by atoms with Gasteiger partial charge in [-0.05, 0) is 25.7 Å². The van der Waals surface area contributed by atoms with Gasteiger partial charge in [-0.15, -0.1) is 0 Å². The van der Waals surface area contributed by atoms with Gasteiger partial charge >= 0.3 is 11.9 Å². The SMILES string of the molecule is CCCCCCCCCCCCCCCCC(CCCCCC)C(=O)O.CCCCCCCCCCCCCCCOC(=O)CCCCCCC. The van der Waals surface area contributed by atoms with Crippen LogP contribution < -0.4 is 0 Å². The Balaban J connectivity index is 0. The number of rotatable bonds is 41. The number of unbranched alkanes of at least 4 members (excludes halogenated alkanes) is 32. The maximum atomic E-state index is 11.6. The van der Waals surface area contributed by atoms with Crippen LogP contribution in [-0.2, 0) is 14.3 Å². The minimum absolute atomic E-state index is 0.00966. The first-order valence-electron chi connectivity index (χ1n) is 23.4. The third-order valence-electron chi connectivity index (χ3n) is 10.7. The second kappa shape index (κ2) is 47.0. The average Bonchev–Trinajstić information content (AvgIpc) is 3.12. The number of carbonyl (C=O) groups is 2. The van der Waals surface area contributed by atoms with Gasteiger partial charge in [0.2, 0.25) is 0 Å². The van der Waals surface area contributed by atoms with Crippen molar-refractivity contribution in [3.05, 3.63) is 0 Å². The summed E-state index contributed by atoms with van der Waals surface area (Å²) in [7, 11) is 0. The Bertz CT molecular complexity index is 663. The van der Waals surface area contributed by atoms with E-state index in [2.05, 4.69) is 27.7 Å². The van der Waals surface area contributed by atoms with Gasteiger partial charge in [-0.1, -0.05) is 246 Å². The van der Waals surface area contributed by atoms with E-state index in [9.17, 15) is 14.7 Å². The van der Waals surface area contributed by atoms with Gasteiger partial charge < -0.3 is 9.84 Å². The molecule has 0 aromatic heterocycles. The van der Waals surface area contributed by atoms with Crippen LogP contribution in [0.1, 0.15) is 278 Å². The van der Waals surface area contributed by atoms with E-state index < -0.39 is 5.97 Å². The molecule has 1 N–H and O–H groups in total. The Hall–Kier alpha value is -1.06. The second-order valence-electron chi connectivity index (χ2n) is 15.9. The number of esters is 1. The van der Waals surface area contributed by atoms with Crippen molar-refractivity contribution in [2.24, 2.45) is 5.92 Å². The van der Waals surface area contributed by atoms with Crippen molar-refractivity contribution in [1.82, 2.24) is 0 Å². The van der Waals surface area contributed by atoms with Gasteiger partial charge in [-0.3, -0.25) is 9.59 Å². The molecule has 0 aliphatic rings.